The van der Waals surface area contributed by atoms with Crippen LogP contribution in [0.25, 0.3) is 0 Å². The molecule has 25 heavy (non-hydrogen) atoms. The Morgan fingerprint density at radius 1 is 1.40 bits per heavy atom. The summed E-state index contributed by atoms with van der Waals surface area (Å²) in [6, 6.07) is 7.94. The van der Waals surface area contributed by atoms with Gasteiger partial charge in [-0.3, -0.25) is 4.99 Å². The van der Waals surface area contributed by atoms with Crippen LogP contribution in [0.4, 0.5) is 4.39 Å². The lowest BCUT2D eigenvalue weighted by Gasteiger charge is -2.13. The van der Waals surface area contributed by atoms with Crippen LogP contribution in [0.3, 0.4) is 0 Å². The maximum Gasteiger partial charge on any atom is 0.191 e. The smallest absolute Gasteiger partial charge is 0.191 e. The molecule has 0 aliphatic rings. The highest BCUT2D eigenvalue weighted by atomic mass is 35.5. The van der Waals surface area contributed by atoms with Crippen molar-refractivity contribution in [1.82, 2.24) is 10.6 Å². The van der Waals surface area contributed by atoms with Crippen LogP contribution < -0.4 is 10.6 Å². The van der Waals surface area contributed by atoms with Gasteiger partial charge in [0.25, 0.3) is 0 Å². The summed E-state index contributed by atoms with van der Waals surface area (Å²) in [6.45, 7) is 4.87. The first-order valence-electron chi connectivity index (χ1n) is 7.88. The Labute approximate surface area is 151 Å². The second-order valence-corrected chi connectivity index (χ2v) is 5.71. The minimum Gasteiger partial charge on any atom is -0.469 e. The largest absolute Gasteiger partial charge is 0.469 e. The van der Waals surface area contributed by atoms with E-state index in [1.807, 2.05) is 12.1 Å². The monoisotopic (exact) mass is 365 g/mol. The van der Waals surface area contributed by atoms with Crippen LogP contribution >= 0.6 is 11.6 Å². The molecule has 0 saturated heterocycles. The van der Waals surface area contributed by atoms with Crippen LogP contribution in [0.15, 0.2) is 58.7 Å². The molecule has 0 amide bonds. The van der Waals surface area contributed by atoms with Gasteiger partial charge in [0.2, 0.25) is 0 Å². The van der Waals surface area contributed by atoms with E-state index in [4.69, 9.17) is 16.0 Å². The first-order valence-corrected chi connectivity index (χ1v) is 8.26. The molecule has 1 atom stereocenters. The molecule has 2 rings (SSSR count). The number of aliphatic hydroxyl groups is 1. The highest BCUT2D eigenvalue weighted by Crippen LogP contribution is 2.20. The molecule has 5 nitrogen and oxygen atoms in total. The van der Waals surface area contributed by atoms with Gasteiger partial charge in [0.1, 0.15) is 11.6 Å². The van der Waals surface area contributed by atoms with Crippen LogP contribution in [-0.4, -0.2) is 30.7 Å². The van der Waals surface area contributed by atoms with Crippen molar-refractivity contribution in [1.29, 1.82) is 0 Å². The summed E-state index contributed by atoms with van der Waals surface area (Å²) in [5.74, 6) is 0.830. The Morgan fingerprint density at radius 2 is 2.24 bits per heavy atom. The normalized spacial score (nSPS) is 12.7. The van der Waals surface area contributed by atoms with Gasteiger partial charge in [-0.2, -0.15) is 0 Å². The van der Waals surface area contributed by atoms with Crippen LogP contribution in [0.2, 0.25) is 5.02 Å². The quantitative estimate of drug-likeness (QED) is 0.382. The predicted octanol–water partition coefficient (Wildman–Crippen LogP) is 3.07. The molecule has 7 heteroatoms. The summed E-state index contributed by atoms with van der Waals surface area (Å²) in [5, 5.41) is 16.4. The van der Waals surface area contributed by atoms with E-state index in [0.717, 1.165) is 5.76 Å². The van der Waals surface area contributed by atoms with Gasteiger partial charge in [0, 0.05) is 19.5 Å². The topological polar surface area (TPSA) is 69.8 Å². The first-order chi connectivity index (χ1) is 12.1. The van der Waals surface area contributed by atoms with E-state index >= 15 is 0 Å². The van der Waals surface area contributed by atoms with Crippen molar-refractivity contribution in [3.05, 3.63) is 71.4 Å². The van der Waals surface area contributed by atoms with E-state index in [1.54, 1.807) is 18.4 Å². The van der Waals surface area contributed by atoms with Gasteiger partial charge in [-0.15, -0.1) is 6.58 Å². The third-order valence-electron chi connectivity index (χ3n) is 3.41. The summed E-state index contributed by atoms with van der Waals surface area (Å²) in [4.78, 5) is 4.32. The number of nitrogens with one attached hydrogen (secondary N) is 2. The Bertz CT molecular complexity index is 704. The van der Waals surface area contributed by atoms with Gasteiger partial charge in [-0.1, -0.05) is 23.7 Å². The van der Waals surface area contributed by atoms with E-state index in [9.17, 15) is 9.50 Å². The Balaban J connectivity index is 1.92. The van der Waals surface area contributed by atoms with E-state index in [-0.39, 0.29) is 11.6 Å². The SMILES string of the molecule is C=CCNC(=NCC(O)c1ccc(Cl)c(F)c1)NCCc1ccco1. The fourth-order valence-electron chi connectivity index (χ4n) is 2.10. The molecule has 134 valence electrons. The molecule has 0 aliphatic heterocycles. The number of furan rings is 1. The molecule has 1 heterocycles. The third-order valence-corrected chi connectivity index (χ3v) is 3.72. The van der Waals surface area contributed by atoms with E-state index in [0.29, 0.717) is 31.0 Å². The van der Waals surface area contributed by atoms with E-state index in [2.05, 4.69) is 22.2 Å². The van der Waals surface area contributed by atoms with Crippen molar-refractivity contribution in [3.8, 4) is 0 Å². The van der Waals surface area contributed by atoms with E-state index < -0.39 is 11.9 Å². The molecule has 0 spiro atoms. The zero-order valence-corrected chi connectivity index (χ0v) is 14.5. The fraction of sp³-hybridized carbons (Fsp3) is 0.278. The van der Waals surface area contributed by atoms with Gasteiger partial charge in [0.05, 0.1) is 23.9 Å². The zero-order chi connectivity index (χ0) is 18.1. The molecular formula is C18H21ClFN3O2. The van der Waals surface area contributed by atoms with Crippen LogP contribution in [0.5, 0.6) is 0 Å². The number of aliphatic hydroxyl groups excluding tert-OH is 1. The molecule has 0 fully saturated rings. The summed E-state index contributed by atoms with van der Waals surface area (Å²) < 4.78 is 18.8. The van der Waals surface area contributed by atoms with Gasteiger partial charge >= 0.3 is 0 Å². The number of hydrogen-bond donors (Lipinski definition) is 3. The molecule has 2 aromatic rings. The van der Waals surface area contributed by atoms with Crippen molar-refractivity contribution in [2.24, 2.45) is 4.99 Å². The van der Waals surface area contributed by atoms with Crippen molar-refractivity contribution in [2.45, 2.75) is 12.5 Å². The number of nitrogens with zero attached hydrogens (tertiary/aromatic N) is 1. The summed E-state index contributed by atoms with van der Waals surface area (Å²) in [7, 11) is 0. The molecule has 1 unspecified atom stereocenters. The highest BCUT2D eigenvalue weighted by Gasteiger charge is 2.10. The van der Waals surface area contributed by atoms with Crippen LogP contribution in [0.1, 0.15) is 17.4 Å². The number of benzene rings is 1. The van der Waals surface area contributed by atoms with Crippen molar-refractivity contribution >= 4 is 17.6 Å². The minimum atomic E-state index is -0.931. The lowest BCUT2D eigenvalue weighted by molar-refractivity contribution is 0.186. The number of halogens is 2. The van der Waals surface area contributed by atoms with Gasteiger partial charge in [-0.25, -0.2) is 4.39 Å². The molecule has 1 aromatic carbocycles. The third kappa shape index (κ3) is 6.25. The average Bonchev–Trinajstić information content (AvgIpc) is 3.12. The minimum absolute atomic E-state index is 0.0207. The fourth-order valence-corrected chi connectivity index (χ4v) is 2.22. The second-order valence-electron chi connectivity index (χ2n) is 5.30. The molecule has 1 aromatic heterocycles. The van der Waals surface area contributed by atoms with Crippen LogP contribution in [0, 0.1) is 5.82 Å². The van der Waals surface area contributed by atoms with Crippen molar-refractivity contribution < 1.29 is 13.9 Å². The summed E-state index contributed by atoms with van der Waals surface area (Å²) >= 11 is 5.65. The standard InChI is InChI=1S/C18H21ClFN3O2/c1-2-8-21-18(22-9-7-14-4-3-10-25-14)23-12-17(24)13-5-6-15(19)16(20)11-13/h2-6,10-11,17,24H,1,7-9,12H2,(H2,21,22,23). The number of rotatable bonds is 8. The Hall–Kier alpha value is -2.31. The lowest BCUT2D eigenvalue weighted by atomic mass is 10.1. The first kappa shape index (κ1) is 19.0. The number of hydrogen-bond acceptors (Lipinski definition) is 3. The number of aliphatic imine (C=N–C) groups is 1. The van der Waals surface area contributed by atoms with Crippen molar-refractivity contribution in [3.63, 3.8) is 0 Å². The molecule has 0 bridgehead atoms. The summed E-state index contributed by atoms with van der Waals surface area (Å²) in [6.07, 6.45) is 3.10. The highest BCUT2D eigenvalue weighted by molar-refractivity contribution is 6.30. The molecule has 0 saturated carbocycles. The Kier molecular flexibility index (Phi) is 7.50. The van der Waals surface area contributed by atoms with Gasteiger partial charge < -0.3 is 20.2 Å². The maximum atomic E-state index is 13.5. The van der Waals surface area contributed by atoms with Gasteiger partial charge in [-0.05, 0) is 29.8 Å². The average molecular weight is 366 g/mol. The Morgan fingerprint density at radius 3 is 2.92 bits per heavy atom. The molecule has 3 N–H and O–H groups in total. The number of guanidine groups is 1. The second kappa shape index (κ2) is 9.86. The van der Waals surface area contributed by atoms with Crippen LogP contribution in [-0.2, 0) is 6.42 Å². The molecular weight excluding hydrogens is 345 g/mol. The zero-order valence-electron chi connectivity index (χ0n) is 13.7. The maximum absolute atomic E-state index is 13.5. The molecule has 0 radical (unpaired) electrons. The predicted molar refractivity (Wildman–Crippen MR) is 97.3 cm³/mol. The summed E-state index contributed by atoms with van der Waals surface area (Å²) in [5.41, 5.74) is 0.421. The molecule has 0 aliphatic carbocycles. The lowest BCUT2D eigenvalue weighted by Crippen LogP contribution is -2.38. The van der Waals surface area contributed by atoms with E-state index in [1.165, 1.54) is 12.1 Å². The van der Waals surface area contributed by atoms with Crippen molar-refractivity contribution in [2.75, 3.05) is 19.6 Å². The van der Waals surface area contributed by atoms with Gasteiger partial charge in [0.15, 0.2) is 5.96 Å².